The molecular weight excluding hydrogens is 909 g/mol. The molecule has 4 fully saturated rings. The quantitative estimate of drug-likeness (QED) is 0.172. The molecule has 5 aliphatic heterocycles. The molecule has 0 bridgehead atoms. The normalized spacial score (nSPS) is 44.7. The fourth-order valence-corrected chi connectivity index (χ4v) is 11.4. The molecule has 0 saturated carbocycles. The van der Waals surface area contributed by atoms with Gasteiger partial charge in [-0.25, -0.2) is 0 Å². The van der Waals surface area contributed by atoms with E-state index in [1.807, 2.05) is 66.6 Å². The summed E-state index contributed by atoms with van der Waals surface area (Å²) in [4.78, 5) is 32.5. The van der Waals surface area contributed by atoms with E-state index in [4.69, 9.17) is 47.4 Å². The number of hydrogen-bond donors (Lipinski definition) is 4. The molecule has 0 radical (unpaired) electrons. The lowest BCUT2D eigenvalue weighted by Gasteiger charge is -2.50. The number of piperidine rings is 1. The number of esters is 1. The van der Waals surface area contributed by atoms with Crippen LogP contribution in [0.15, 0.2) is 23.8 Å². The molecule has 0 aliphatic carbocycles. The minimum Gasteiger partial charge on any atom is -0.462 e. The van der Waals surface area contributed by atoms with Crippen molar-refractivity contribution in [3.05, 3.63) is 23.8 Å². The van der Waals surface area contributed by atoms with Crippen LogP contribution in [0.2, 0.25) is 0 Å². The molecule has 5 rings (SSSR count). The van der Waals surface area contributed by atoms with E-state index < -0.39 is 127 Å². The number of methoxy groups -OCH3 is 3. The fraction of sp³-hybridized carbons (Fsp3) is 0.885. The van der Waals surface area contributed by atoms with Gasteiger partial charge in [0.05, 0.1) is 55.2 Å². The third-order valence-corrected chi connectivity index (χ3v) is 15.5. The van der Waals surface area contributed by atoms with Crippen LogP contribution in [-0.4, -0.2) is 207 Å². The maximum atomic E-state index is 14.1. The van der Waals surface area contributed by atoms with Crippen LogP contribution in [0.3, 0.4) is 0 Å². The average molecular weight is 999 g/mol. The monoisotopic (exact) mass is 999 g/mol. The van der Waals surface area contributed by atoms with E-state index in [9.17, 15) is 30.0 Å². The number of carbonyl (C=O) groups excluding carboxylic acids is 2. The third kappa shape index (κ3) is 15.1. The Labute approximate surface area is 417 Å². The van der Waals surface area contributed by atoms with Crippen molar-refractivity contribution >= 4 is 11.8 Å². The van der Waals surface area contributed by atoms with Crippen LogP contribution < -0.4 is 0 Å². The first kappa shape index (κ1) is 58.9. The van der Waals surface area contributed by atoms with Crippen molar-refractivity contribution in [1.82, 2.24) is 9.80 Å². The Morgan fingerprint density at radius 2 is 1.49 bits per heavy atom. The van der Waals surface area contributed by atoms with Crippen molar-refractivity contribution in [1.29, 1.82) is 0 Å². The molecule has 404 valence electrons. The van der Waals surface area contributed by atoms with Gasteiger partial charge in [0.2, 0.25) is 0 Å². The highest BCUT2D eigenvalue weighted by atomic mass is 16.7. The van der Waals surface area contributed by atoms with Crippen LogP contribution in [0.25, 0.3) is 0 Å². The summed E-state index contributed by atoms with van der Waals surface area (Å²) in [5, 5.41) is 46.5. The predicted octanol–water partition coefficient (Wildman–Crippen LogP) is 3.77. The van der Waals surface area contributed by atoms with Crippen molar-refractivity contribution < 1.29 is 77.4 Å². The van der Waals surface area contributed by atoms with E-state index in [2.05, 4.69) is 4.90 Å². The van der Waals surface area contributed by atoms with Crippen LogP contribution >= 0.6 is 0 Å². The first-order valence-corrected chi connectivity index (χ1v) is 25.9. The number of nitrogens with zero attached hydrogens (tertiary/aromatic N) is 2. The molecule has 4 N–H and O–H groups in total. The summed E-state index contributed by atoms with van der Waals surface area (Å²) in [5.41, 5.74) is -0.483. The topological polar surface area (TPSA) is 214 Å². The molecule has 18 nitrogen and oxygen atoms in total. The average Bonchev–Trinajstić information content (AvgIpc) is 3.30. The Balaban J connectivity index is 1.44. The second-order valence-corrected chi connectivity index (χ2v) is 21.2. The van der Waals surface area contributed by atoms with E-state index in [0.29, 0.717) is 19.3 Å². The Hall–Kier alpha value is -1.98. The van der Waals surface area contributed by atoms with Gasteiger partial charge in [-0.1, -0.05) is 44.9 Å². The summed E-state index contributed by atoms with van der Waals surface area (Å²) < 4.78 is 61.7. The molecule has 5 heterocycles. The highest BCUT2D eigenvalue weighted by Crippen LogP contribution is 2.38. The predicted molar refractivity (Wildman–Crippen MR) is 259 cm³/mol. The lowest BCUT2D eigenvalue weighted by molar-refractivity contribution is -0.343. The largest absolute Gasteiger partial charge is 0.462 e. The number of likely N-dealkylation sites (tertiary alicyclic amines) is 1. The Morgan fingerprint density at radius 3 is 2.10 bits per heavy atom. The highest BCUT2D eigenvalue weighted by molar-refractivity contribution is 5.91. The number of ether oxygens (including phenoxy) is 10. The first-order valence-electron chi connectivity index (χ1n) is 25.9. The van der Waals surface area contributed by atoms with Crippen molar-refractivity contribution in [3.63, 3.8) is 0 Å². The molecule has 70 heavy (non-hydrogen) atoms. The molecule has 0 aromatic heterocycles. The Morgan fingerprint density at radius 1 is 0.814 bits per heavy atom. The minimum atomic E-state index is -1.25. The van der Waals surface area contributed by atoms with Gasteiger partial charge in [-0.2, -0.15) is 0 Å². The molecule has 5 aliphatic rings. The summed E-state index contributed by atoms with van der Waals surface area (Å²) in [6, 6.07) is -0.655. The van der Waals surface area contributed by atoms with E-state index >= 15 is 0 Å². The number of aliphatic hydroxyl groups is 4. The van der Waals surface area contributed by atoms with Gasteiger partial charge in [0.25, 0.3) is 0 Å². The SMILES string of the molecule is CCC1OC(=O)CC(O)C(C)C(OC2OC(C)C(OC3CC(C)(O)C(OC)C(C)O3)C(N(C)C)C2O)C(CCN2CCCCC2)CC(C)C(=O)/C=C/C(C)=C/C1COC1OC(C)C(O)C(OC)C1OC. The van der Waals surface area contributed by atoms with E-state index in [1.165, 1.54) is 27.8 Å². The second kappa shape index (κ2) is 27.0. The maximum Gasteiger partial charge on any atom is 0.308 e. The van der Waals surface area contributed by atoms with Gasteiger partial charge >= 0.3 is 5.97 Å². The van der Waals surface area contributed by atoms with Gasteiger partial charge in [0.1, 0.15) is 42.7 Å². The number of likely N-dealkylation sites (N-methyl/N-ethyl adjacent to an activating group) is 1. The van der Waals surface area contributed by atoms with Crippen LogP contribution in [-0.2, 0) is 57.0 Å². The zero-order valence-electron chi connectivity index (χ0n) is 44.3. The molecular formula is C52H90N2O16. The van der Waals surface area contributed by atoms with Crippen molar-refractivity contribution in [2.24, 2.45) is 23.7 Å². The molecule has 21 atom stereocenters. The lowest BCUT2D eigenvalue weighted by Crippen LogP contribution is -2.65. The number of aliphatic hydroxyl groups excluding tert-OH is 3. The van der Waals surface area contributed by atoms with Crippen LogP contribution in [0.5, 0.6) is 0 Å². The molecule has 4 saturated heterocycles. The number of allylic oxidation sites excluding steroid dienone is 3. The summed E-state index contributed by atoms with van der Waals surface area (Å²) in [6.45, 7) is 17.3. The smallest absolute Gasteiger partial charge is 0.308 e. The Kier molecular flexibility index (Phi) is 22.7. The number of ketones is 1. The number of hydrogen-bond acceptors (Lipinski definition) is 18. The number of rotatable bonds is 15. The number of cyclic esters (lactones) is 1. The molecule has 18 heteroatoms. The molecule has 0 amide bonds. The second-order valence-electron chi connectivity index (χ2n) is 21.2. The van der Waals surface area contributed by atoms with Crippen LogP contribution in [0, 0.1) is 23.7 Å². The molecule has 0 spiro atoms. The Bertz CT molecular complexity index is 1680. The summed E-state index contributed by atoms with van der Waals surface area (Å²) in [7, 11) is 8.19. The maximum absolute atomic E-state index is 14.1. The van der Waals surface area contributed by atoms with Gasteiger partial charge < -0.3 is 77.6 Å². The molecule has 0 aromatic rings. The summed E-state index contributed by atoms with van der Waals surface area (Å²) in [5.74, 6) is -2.67. The van der Waals surface area contributed by atoms with E-state index in [-0.39, 0.29) is 31.1 Å². The minimum absolute atomic E-state index is 0.0303. The summed E-state index contributed by atoms with van der Waals surface area (Å²) >= 11 is 0. The van der Waals surface area contributed by atoms with Crippen molar-refractivity contribution in [2.45, 2.75) is 211 Å². The van der Waals surface area contributed by atoms with Gasteiger partial charge in [0, 0.05) is 45.5 Å². The zero-order chi connectivity index (χ0) is 51.6. The lowest BCUT2D eigenvalue weighted by atomic mass is 9.79. The van der Waals surface area contributed by atoms with Gasteiger partial charge in [-0.05, 0) is 112 Å². The highest BCUT2D eigenvalue weighted by Gasteiger charge is 2.52. The van der Waals surface area contributed by atoms with E-state index in [1.54, 1.807) is 26.0 Å². The van der Waals surface area contributed by atoms with Crippen LogP contribution in [0.1, 0.15) is 107 Å². The van der Waals surface area contributed by atoms with Crippen molar-refractivity contribution in [3.8, 4) is 0 Å². The van der Waals surface area contributed by atoms with Crippen molar-refractivity contribution in [2.75, 3.05) is 61.7 Å². The fourth-order valence-electron chi connectivity index (χ4n) is 11.4. The number of carbonyl (C=O) groups is 2. The third-order valence-electron chi connectivity index (χ3n) is 15.5. The first-order chi connectivity index (χ1) is 33.1. The zero-order valence-corrected chi connectivity index (χ0v) is 44.3. The molecule has 21 unspecified atom stereocenters. The van der Waals surface area contributed by atoms with Gasteiger partial charge in [-0.3, -0.25) is 9.59 Å². The standard InChI is InChI=1S/C52H90N2O16/c1-14-39-36(28-64-51-48(62-12)47(61-11)43(58)32(5)66-51)24-29(2)18-19-37(55)30(3)25-35(20-23-54-21-16-15-17-22-54)45(31(4)38(56)26-40(57)68-39)70-50-44(59)42(53(9)10)46(33(6)67-50)69-41-27-52(8,60)49(63-13)34(7)65-41/h18-19,24,30-36,38-39,41-51,56,58-60H,14-17,20-23,25-28H2,1-13H3/b19-18+,29-24+. The van der Waals surface area contributed by atoms with Gasteiger partial charge in [-0.15, -0.1) is 0 Å². The van der Waals surface area contributed by atoms with Gasteiger partial charge in [0.15, 0.2) is 24.7 Å². The van der Waals surface area contributed by atoms with Crippen LogP contribution in [0.4, 0.5) is 0 Å². The summed E-state index contributed by atoms with van der Waals surface area (Å²) in [6.07, 6.45) is -2.44. The molecule has 0 aromatic carbocycles. The van der Waals surface area contributed by atoms with E-state index in [0.717, 1.165) is 38.0 Å².